The molecule has 2 heterocycles. The van der Waals surface area contributed by atoms with Gasteiger partial charge < -0.3 is 15.1 Å². The zero-order valence-corrected chi connectivity index (χ0v) is 15.9. The zero-order chi connectivity index (χ0) is 18.6. The van der Waals surface area contributed by atoms with Crippen molar-refractivity contribution in [2.75, 3.05) is 41.3 Å². The second-order valence-electron chi connectivity index (χ2n) is 6.96. The van der Waals surface area contributed by atoms with Crippen LogP contribution < -0.4 is 15.1 Å². The van der Waals surface area contributed by atoms with Crippen LogP contribution in [-0.2, 0) is 0 Å². The Hall–Kier alpha value is -3.08. The van der Waals surface area contributed by atoms with Gasteiger partial charge in [0.1, 0.15) is 17.5 Å². The Balaban J connectivity index is 1.46. The monoisotopic (exact) mass is 359 g/mol. The van der Waals surface area contributed by atoms with Crippen molar-refractivity contribution >= 4 is 23.0 Å². The van der Waals surface area contributed by atoms with E-state index in [1.54, 1.807) is 0 Å². The largest absolute Gasteiger partial charge is 0.368 e. The Labute approximate surface area is 160 Å². The van der Waals surface area contributed by atoms with Crippen LogP contribution in [0.1, 0.15) is 11.4 Å². The lowest BCUT2D eigenvalue weighted by atomic mass is 10.2. The van der Waals surface area contributed by atoms with Crippen molar-refractivity contribution in [3.05, 3.63) is 72.1 Å². The second kappa shape index (κ2) is 7.66. The molecule has 1 aromatic heterocycles. The minimum absolute atomic E-state index is 0.785. The summed E-state index contributed by atoms with van der Waals surface area (Å²) in [6.07, 6.45) is 0. The Bertz CT molecular complexity index is 884. The van der Waals surface area contributed by atoms with Gasteiger partial charge in [0.05, 0.1) is 0 Å². The van der Waals surface area contributed by atoms with Gasteiger partial charge in [0.15, 0.2) is 0 Å². The fraction of sp³-hybridized carbons (Fsp3) is 0.273. The van der Waals surface area contributed by atoms with Gasteiger partial charge in [0, 0.05) is 43.6 Å². The van der Waals surface area contributed by atoms with Gasteiger partial charge >= 0.3 is 0 Å². The summed E-state index contributed by atoms with van der Waals surface area (Å²) < 4.78 is 0. The lowest BCUT2D eigenvalue weighted by Crippen LogP contribution is -2.46. The lowest BCUT2D eigenvalue weighted by Gasteiger charge is -2.36. The van der Waals surface area contributed by atoms with E-state index >= 15 is 0 Å². The van der Waals surface area contributed by atoms with Crippen LogP contribution in [0.4, 0.5) is 23.0 Å². The first-order chi connectivity index (χ1) is 13.2. The number of hydrogen-bond acceptors (Lipinski definition) is 5. The van der Waals surface area contributed by atoms with Crippen molar-refractivity contribution in [3.63, 3.8) is 0 Å². The fourth-order valence-electron chi connectivity index (χ4n) is 3.40. The van der Waals surface area contributed by atoms with E-state index in [0.717, 1.165) is 49.3 Å². The van der Waals surface area contributed by atoms with Crippen LogP contribution in [0.3, 0.4) is 0 Å². The van der Waals surface area contributed by atoms with E-state index in [1.165, 1.54) is 11.3 Å². The molecule has 1 aliphatic rings. The average molecular weight is 359 g/mol. The van der Waals surface area contributed by atoms with Gasteiger partial charge in [0.25, 0.3) is 0 Å². The average Bonchev–Trinajstić information content (AvgIpc) is 2.70. The van der Waals surface area contributed by atoms with E-state index < -0.39 is 0 Å². The molecule has 1 fully saturated rings. The van der Waals surface area contributed by atoms with Gasteiger partial charge in [-0.3, -0.25) is 0 Å². The molecule has 27 heavy (non-hydrogen) atoms. The van der Waals surface area contributed by atoms with Gasteiger partial charge in [0.2, 0.25) is 0 Å². The molecular formula is C22H25N5. The number of benzene rings is 2. The molecule has 0 unspecified atom stereocenters. The van der Waals surface area contributed by atoms with E-state index in [2.05, 4.69) is 86.6 Å². The molecule has 1 aliphatic heterocycles. The minimum atomic E-state index is 0.785. The van der Waals surface area contributed by atoms with E-state index in [4.69, 9.17) is 0 Å². The molecular weight excluding hydrogens is 334 g/mol. The maximum absolute atomic E-state index is 4.67. The van der Waals surface area contributed by atoms with Crippen LogP contribution in [-0.4, -0.2) is 36.1 Å². The highest BCUT2D eigenvalue weighted by Crippen LogP contribution is 2.23. The molecule has 0 amide bonds. The van der Waals surface area contributed by atoms with E-state index in [-0.39, 0.29) is 0 Å². The van der Waals surface area contributed by atoms with Crippen LogP contribution >= 0.6 is 0 Å². The summed E-state index contributed by atoms with van der Waals surface area (Å²) in [6, 6.07) is 21.0. The highest BCUT2D eigenvalue weighted by molar-refractivity contribution is 5.60. The first kappa shape index (κ1) is 17.3. The van der Waals surface area contributed by atoms with Gasteiger partial charge in [-0.15, -0.1) is 0 Å². The molecule has 5 heteroatoms. The van der Waals surface area contributed by atoms with Crippen LogP contribution in [0.15, 0.2) is 60.7 Å². The molecule has 1 saturated heterocycles. The highest BCUT2D eigenvalue weighted by atomic mass is 15.3. The van der Waals surface area contributed by atoms with E-state index in [0.29, 0.717) is 0 Å². The quantitative estimate of drug-likeness (QED) is 0.758. The predicted molar refractivity (Wildman–Crippen MR) is 112 cm³/mol. The first-order valence-corrected chi connectivity index (χ1v) is 9.42. The fourth-order valence-corrected chi connectivity index (χ4v) is 3.40. The van der Waals surface area contributed by atoms with Gasteiger partial charge in [-0.05, 0) is 38.1 Å². The summed E-state index contributed by atoms with van der Waals surface area (Å²) in [6.45, 7) is 7.93. The molecule has 0 atom stereocenters. The standard InChI is InChI=1S/C22H25N5/c1-17-8-10-19(11-9-17)25-21-16-22(24-18(2)23-21)27-14-12-26(13-15-27)20-6-4-3-5-7-20/h3-11,16H,12-15H2,1-2H3,(H,23,24,25). The van der Waals surface area contributed by atoms with E-state index in [9.17, 15) is 0 Å². The Morgan fingerprint density at radius 2 is 1.44 bits per heavy atom. The summed E-state index contributed by atoms with van der Waals surface area (Å²) in [5.41, 5.74) is 3.58. The molecule has 0 radical (unpaired) electrons. The Morgan fingerprint density at radius 3 is 2.15 bits per heavy atom. The van der Waals surface area contributed by atoms with Crippen molar-refractivity contribution in [3.8, 4) is 0 Å². The molecule has 0 aliphatic carbocycles. The topological polar surface area (TPSA) is 44.3 Å². The van der Waals surface area contributed by atoms with Crippen molar-refractivity contribution in [1.82, 2.24) is 9.97 Å². The van der Waals surface area contributed by atoms with Crippen LogP contribution in [0.2, 0.25) is 0 Å². The van der Waals surface area contributed by atoms with Crippen molar-refractivity contribution in [2.45, 2.75) is 13.8 Å². The van der Waals surface area contributed by atoms with Crippen molar-refractivity contribution < 1.29 is 0 Å². The smallest absolute Gasteiger partial charge is 0.136 e. The summed E-state index contributed by atoms with van der Waals surface area (Å²) >= 11 is 0. The van der Waals surface area contributed by atoms with Crippen LogP contribution in [0.25, 0.3) is 0 Å². The minimum Gasteiger partial charge on any atom is -0.368 e. The van der Waals surface area contributed by atoms with Crippen LogP contribution in [0.5, 0.6) is 0 Å². The number of para-hydroxylation sites is 1. The molecule has 5 nitrogen and oxygen atoms in total. The zero-order valence-electron chi connectivity index (χ0n) is 15.9. The van der Waals surface area contributed by atoms with Gasteiger partial charge in [-0.1, -0.05) is 35.9 Å². The number of nitrogens with one attached hydrogen (secondary N) is 1. The number of hydrogen-bond donors (Lipinski definition) is 1. The Morgan fingerprint density at radius 1 is 0.778 bits per heavy atom. The SMILES string of the molecule is Cc1ccc(Nc2cc(N3CCN(c4ccccc4)CC3)nc(C)n2)cc1. The predicted octanol–water partition coefficient (Wildman–Crippen LogP) is 4.16. The normalized spacial score (nSPS) is 14.3. The third kappa shape index (κ3) is 4.19. The van der Waals surface area contributed by atoms with Gasteiger partial charge in [-0.25, -0.2) is 9.97 Å². The highest BCUT2D eigenvalue weighted by Gasteiger charge is 2.19. The van der Waals surface area contributed by atoms with E-state index in [1.807, 2.05) is 13.0 Å². The number of nitrogens with zero attached hydrogens (tertiary/aromatic N) is 4. The molecule has 0 spiro atoms. The number of rotatable bonds is 4. The second-order valence-corrected chi connectivity index (χ2v) is 6.96. The number of anilines is 4. The molecule has 0 bridgehead atoms. The molecule has 4 rings (SSSR count). The summed E-state index contributed by atoms with van der Waals surface area (Å²) in [7, 11) is 0. The molecule has 1 N–H and O–H groups in total. The molecule has 0 saturated carbocycles. The lowest BCUT2D eigenvalue weighted by molar-refractivity contribution is 0.646. The summed E-state index contributed by atoms with van der Waals surface area (Å²) in [5, 5.41) is 3.40. The third-order valence-electron chi connectivity index (χ3n) is 4.87. The number of aromatic nitrogens is 2. The Kier molecular flexibility index (Phi) is 4.92. The van der Waals surface area contributed by atoms with Gasteiger partial charge in [-0.2, -0.15) is 0 Å². The maximum Gasteiger partial charge on any atom is 0.136 e. The molecule has 2 aromatic carbocycles. The number of aryl methyl sites for hydroxylation is 2. The van der Waals surface area contributed by atoms with Crippen LogP contribution in [0, 0.1) is 13.8 Å². The van der Waals surface area contributed by atoms with Crippen molar-refractivity contribution in [1.29, 1.82) is 0 Å². The molecule has 138 valence electrons. The van der Waals surface area contributed by atoms with Crippen molar-refractivity contribution in [2.24, 2.45) is 0 Å². The first-order valence-electron chi connectivity index (χ1n) is 9.42. The maximum atomic E-state index is 4.67. The molecule has 3 aromatic rings. The summed E-state index contributed by atoms with van der Waals surface area (Å²) in [4.78, 5) is 14.0. The number of piperazine rings is 1. The summed E-state index contributed by atoms with van der Waals surface area (Å²) in [5.74, 6) is 2.62. The third-order valence-corrected chi connectivity index (χ3v) is 4.87.